The van der Waals surface area contributed by atoms with Gasteiger partial charge in [0.1, 0.15) is 12.7 Å². The van der Waals surface area contributed by atoms with E-state index >= 15 is 0 Å². The molecule has 0 amide bonds. The zero-order chi connectivity index (χ0) is 10.9. The lowest BCUT2D eigenvalue weighted by atomic mass is 9.83. The Bertz CT molecular complexity index is 361. The molecular weight excluding hydrogens is 211 g/mol. The van der Waals surface area contributed by atoms with E-state index in [0.717, 1.165) is 5.56 Å². The second-order valence-corrected chi connectivity index (χ2v) is 5.30. The number of hydrogen-bond acceptors (Lipinski definition) is 3. The van der Waals surface area contributed by atoms with Crippen molar-refractivity contribution in [2.24, 2.45) is 5.41 Å². The third-order valence-electron chi connectivity index (χ3n) is 2.55. The molecule has 0 aliphatic carbocycles. The van der Waals surface area contributed by atoms with E-state index in [0.29, 0.717) is 6.61 Å². The van der Waals surface area contributed by atoms with Crippen LogP contribution < -0.4 is 0 Å². The van der Waals surface area contributed by atoms with Crippen molar-refractivity contribution in [3.8, 4) is 0 Å². The zero-order valence-electron chi connectivity index (χ0n) is 8.84. The van der Waals surface area contributed by atoms with Gasteiger partial charge >= 0.3 is 8.25 Å². The minimum Gasteiger partial charge on any atom is -0.118 e. The van der Waals surface area contributed by atoms with Gasteiger partial charge in [0.15, 0.2) is 0 Å². The molecule has 15 heavy (non-hydrogen) atoms. The van der Waals surface area contributed by atoms with Gasteiger partial charge in [-0.15, -0.1) is 9.05 Å². The standard InChI is InChI=1S/C11H14O3P/c1-11(2)8-13-15(12)14-10(11)9-6-4-3-5-7-9/h3-7,10H,8H2,1-2H3/q+1. The molecule has 2 atom stereocenters. The molecule has 0 saturated carbocycles. The quantitative estimate of drug-likeness (QED) is 0.686. The van der Waals surface area contributed by atoms with Crippen molar-refractivity contribution in [1.29, 1.82) is 0 Å². The van der Waals surface area contributed by atoms with Gasteiger partial charge < -0.3 is 0 Å². The summed E-state index contributed by atoms with van der Waals surface area (Å²) in [6.45, 7) is 4.56. The molecule has 1 aromatic rings. The summed E-state index contributed by atoms with van der Waals surface area (Å²) >= 11 is 0. The summed E-state index contributed by atoms with van der Waals surface area (Å²) in [4.78, 5) is 0. The summed E-state index contributed by atoms with van der Waals surface area (Å²) in [5.41, 5.74) is 0.902. The first-order chi connectivity index (χ1) is 7.09. The van der Waals surface area contributed by atoms with E-state index in [1.165, 1.54) is 0 Å². The van der Waals surface area contributed by atoms with Crippen LogP contribution in [0.4, 0.5) is 0 Å². The number of hydrogen-bond donors (Lipinski definition) is 0. The van der Waals surface area contributed by atoms with Crippen molar-refractivity contribution in [2.75, 3.05) is 6.61 Å². The van der Waals surface area contributed by atoms with Crippen LogP contribution in [0.5, 0.6) is 0 Å². The van der Waals surface area contributed by atoms with Crippen molar-refractivity contribution >= 4 is 8.25 Å². The molecule has 2 rings (SSSR count). The summed E-state index contributed by atoms with van der Waals surface area (Å²) < 4.78 is 21.6. The SMILES string of the molecule is CC1(C)CO[P+](=O)OC1c1ccccc1. The third-order valence-corrected chi connectivity index (χ3v) is 3.27. The molecule has 0 N–H and O–H groups in total. The smallest absolute Gasteiger partial charge is 0.118 e. The van der Waals surface area contributed by atoms with E-state index in [9.17, 15) is 4.57 Å². The van der Waals surface area contributed by atoms with Crippen LogP contribution in [0.2, 0.25) is 0 Å². The maximum Gasteiger partial charge on any atom is 0.698 e. The molecule has 0 bridgehead atoms. The molecule has 1 aliphatic heterocycles. The zero-order valence-corrected chi connectivity index (χ0v) is 9.74. The Morgan fingerprint density at radius 1 is 1.33 bits per heavy atom. The average molecular weight is 225 g/mol. The van der Waals surface area contributed by atoms with Gasteiger partial charge in [0.25, 0.3) is 0 Å². The van der Waals surface area contributed by atoms with E-state index in [2.05, 4.69) is 0 Å². The maximum absolute atomic E-state index is 11.2. The molecule has 0 aromatic heterocycles. The molecule has 1 heterocycles. The van der Waals surface area contributed by atoms with Crippen LogP contribution in [0, 0.1) is 5.41 Å². The monoisotopic (exact) mass is 225 g/mol. The van der Waals surface area contributed by atoms with Gasteiger partial charge in [-0.3, -0.25) is 0 Å². The van der Waals surface area contributed by atoms with Crippen molar-refractivity contribution in [3.63, 3.8) is 0 Å². The minimum absolute atomic E-state index is 0.148. The maximum atomic E-state index is 11.2. The van der Waals surface area contributed by atoms with Gasteiger partial charge in [0.2, 0.25) is 0 Å². The fourth-order valence-electron chi connectivity index (χ4n) is 1.69. The van der Waals surface area contributed by atoms with Crippen molar-refractivity contribution in [1.82, 2.24) is 0 Å². The predicted molar refractivity (Wildman–Crippen MR) is 57.6 cm³/mol. The highest BCUT2D eigenvalue weighted by molar-refractivity contribution is 7.33. The van der Waals surface area contributed by atoms with Crippen LogP contribution in [-0.2, 0) is 13.6 Å². The Kier molecular flexibility index (Phi) is 2.87. The Morgan fingerprint density at radius 3 is 2.67 bits per heavy atom. The van der Waals surface area contributed by atoms with Crippen LogP contribution in [0.15, 0.2) is 30.3 Å². The Labute approximate surface area is 90.4 Å². The number of rotatable bonds is 1. The Morgan fingerprint density at radius 2 is 2.00 bits per heavy atom. The first-order valence-corrected chi connectivity index (χ1v) is 6.01. The molecule has 4 heteroatoms. The van der Waals surface area contributed by atoms with Crippen molar-refractivity contribution < 1.29 is 13.6 Å². The normalized spacial score (nSPS) is 27.6. The lowest BCUT2D eigenvalue weighted by Crippen LogP contribution is -2.31. The third kappa shape index (κ3) is 2.25. The summed E-state index contributed by atoms with van der Waals surface area (Å²) in [5.74, 6) is 0. The molecule has 2 unspecified atom stereocenters. The second kappa shape index (κ2) is 4.01. The predicted octanol–water partition coefficient (Wildman–Crippen LogP) is 3.46. The lowest BCUT2D eigenvalue weighted by molar-refractivity contribution is -0.0165. The van der Waals surface area contributed by atoms with Crippen molar-refractivity contribution in [3.05, 3.63) is 35.9 Å². The van der Waals surface area contributed by atoms with Gasteiger partial charge in [-0.05, 0) is 5.56 Å². The molecule has 0 radical (unpaired) electrons. The van der Waals surface area contributed by atoms with E-state index < -0.39 is 8.25 Å². The summed E-state index contributed by atoms with van der Waals surface area (Å²) in [7, 11) is -1.96. The molecule has 3 nitrogen and oxygen atoms in total. The highest BCUT2D eigenvalue weighted by atomic mass is 31.1. The molecule has 1 aromatic carbocycles. The topological polar surface area (TPSA) is 35.5 Å². The van der Waals surface area contributed by atoms with Crippen LogP contribution >= 0.6 is 8.25 Å². The van der Waals surface area contributed by atoms with Gasteiger partial charge in [-0.1, -0.05) is 44.2 Å². The lowest BCUT2D eigenvalue weighted by Gasteiger charge is -2.30. The van der Waals surface area contributed by atoms with E-state index in [4.69, 9.17) is 9.05 Å². The van der Waals surface area contributed by atoms with E-state index in [1.54, 1.807) is 0 Å². The molecule has 1 saturated heterocycles. The first kappa shape index (κ1) is 10.7. The minimum atomic E-state index is -1.96. The largest absolute Gasteiger partial charge is 0.698 e. The molecular formula is C11H14O3P+. The Hall–Kier alpha value is -0.760. The highest BCUT2D eigenvalue weighted by Gasteiger charge is 2.46. The van der Waals surface area contributed by atoms with Crippen LogP contribution in [-0.4, -0.2) is 6.61 Å². The van der Waals surface area contributed by atoms with Gasteiger partial charge in [-0.2, -0.15) is 0 Å². The van der Waals surface area contributed by atoms with Crippen LogP contribution in [0.25, 0.3) is 0 Å². The van der Waals surface area contributed by atoms with E-state index in [-0.39, 0.29) is 11.5 Å². The van der Waals surface area contributed by atoms with Crippen LogP contribution in [0.3, 0.4) is 0 Å². The van der Waals surface area contributed by atoms with Crippen molar-refractivity contribution in [2.45, 2.75) is 20.0 Å². The fourth-order valence-corrected chi connectivity index (χ4v) is 2.77. The number of benzene rings is 1. The van der Waals surface area contributed by atoms with Gasteiger partial charge in [-0.25, -0.2) is 0 Å². The van der Waals surface area contributed by atoms with Gasteiger partial charge in [0.05, 0.1) is 0 Å². The molecule has 0 spiro atoms. The van der Waals surface area contributed by atoms with E-state index in [1.807, 2.05) is 44.2 Å². The van der Waals surface area contributed by atoms with Crippen LogP contribution in [0.1, 0.15) is 25.5 Å². The summed E-state index contributed by atoms with van der Waals surface area (Å²) in [6, 6.07) is 9.84. The second-order valence-electron chi connectivity index (χ2n) is 4.38. The first-order valence-electron chi connectivity index (χ1n) is 4.91. The fraction of sp³-hybridized carbons (Fsp3) is 0.455. The summed E-state index contributed by atoms with van der Waals surface area (Å²) in [6.07, 6.45) is -0.156. The summed E-state index contributed by atoms with van der Waals surface area (Å²) in [5, 5.41) is 0. The molecule has 1 aliphatic rings. The Balaban J connectivity index is 2.29. The highest BCUT2D eigenvalue weighted by Crippen LogP contribution is 2.49. The molecule has 1 fully saturated rings. The van der Waals surface area contributed by atoms with Gasteiger partial charge in [0, 0.05) is 9.98 Å². The average Bonchev–Trinajstić information content (AvgIpc) is 2.23. The molecule has 80 valence electrons.